The standard InChI is InChI=1S/C13H16N4O2S/c1-18-10-4-3-5-11(19-2)9(10)8-16-12(14)17-13-15-6-7-20-13/h3-7H,8H2,1-2H3,(H3,14,15,16,17). The summed E-state index contributed by atoms with van der Waals surface area (Å²) in [6.45, 7) is 0.359. The Morgan fingerprint density at radius 3 is 2.60 bits per heavy atom. The van der Waals surface area contributed by atoms with E-state index < -0.39 is 0 Å². The Labute approximate surface area is 121 Å². The number of nitrogens with two attached hydrogens (primary N) is 1. The minimum Gasteiger partial charge on any atom is -0.496 e. The molecule has 2 aromatic rings. The van der Waals surface area contributed by atoms with Crippen LogP contribution < -0.4 is 20.5 Å². The van der Waals surface area contributed by atoms with Gasteiger partial charge in [0, 0.05) is 11.6 Å². The molecule has 1 aromatic heterocycles. The molecule has 0 saturated carbocycles. The summed E-state index contributed by atoms with van der Waals surface area (Å²) in [5.41, 5.74) is 6.67. The van der Waals surface area contributed by atoms with Crippen molar-refractivity contribution in [2.24, 2.45) is 10.7 Å². The van der Waals surface area contributed by atoms with Gasteiger partial charge in [-0.3, -0.25) is 0 Å². The van der Waals surface area contributed by atoms with Crippen molar-refractivity contribution >= 4 is 22.4 Å². The highest BCUT2D eigenvalue weighted by atomic mass is 32.1. The fourth-order valence-electron chi connectivity index (χ4n) is 1.68. The molecule has 0 bridgehead atoms. The summed E-state index contributed by atoms with van der Waals surface area (Å²) in [5, 5.41) is 5.49. The number of aliphatic imine (C=N–C) groups is 1. The lowest BCUT2D eigenvalue weighted by molar-refractivity contribution is 0.385. The van der Waals surface area contributed by atoms with Gasteiger partial charge < -0.3 is 20.5 Å². The maximum atomic E-state index is 5.82. The third-order valence-corrected chi connectivity index (χ3v) is 3.29. The summed E-state index contributed by atoms with van der Waals surface area (Å²) in [6, 6.07) is 5.58. The van der Waals surface area contributed by atoms with E-state index in [-0.39, 0.29) is 0 Å². The molecule has 6 nitrogen and oxygen atoms in total. The van der Waals surface area contributed by atoms with Gasteiger partial charge in [0.2, 0.25) is 0 Å². The summed E-state index contributed by atoms with van der Waals surface area (Å²) in [4.78, 5) is 8.35. The Kier molecular flexibility index (Phi) is 4.78. The summed E-state index contributed by atoms with van der Waals surface area (Å²) >= 11 is 1.46. The van der Waals surface area contributed by atoms with Crippen molar-refractivity contribution in [3.8, 4) is 11.5 Å². The second kappa shape index (κ2) is 6.76. The van der Waals surface area contributed by atoms with E-state index in [0.29, 0.717) is 17.6 Å². The fraction of sp³-hybridized carbons (Fsp3) is 0.231. The van der Waals surface area contributed by atoms with E-state index in [9.17, 15) is 0 Å². The van der Waals surface area contributed by atoms with E-state index in [4.69, 9.17) is 15.2 Å². The van der Waals surface area contributed by atoms with Gasteiger partial charge >= 0.3 is 0 Å². The van der Waals surface area contributed by atoms with Gasteiger partial charge in [0.15, 0.2) is 11.1 Å². The van der Waals surface area contributed by atoms with E-state index in [1.54, 1.807) is 20.4 Å². The number of nitrogens with one attached hydrogen (secondary N) is 1. The first-order chi connectivity index (χ1) is 9.74. The molecule has 1 heterocycles. The Balaban J connectivity index is 2.13. The molecular weight excluding hydrogens is 276 g/mol. The van der Waals surface area contributed by atoms with Gasteiger partial charge in [0.1, 0.15) is 11.5 Å². The van der Waals surface area contributed by atoms with E-state index in [1.165, 1.54) is 11.3 Å². The number of hydrogen-bond acceptors (Lipinski definition) is 5. The highest BCUT2D eigenvalue weighted by Gasteiger charge is 2.09. The molecule has 3 N–H and O–H groups in total. The zero-order valence-corrected chi connectivity index (χ0v) is 12.1. The molecule has 0 aliphatic carbocycles. The first kappa shape index (κ1) is 14.1. The lowest BCUT2D eigenvalue weighted by atomic mass is 10.2. The normalized spacial score (nSPS) is 11.2. The summed E-state index contributed by atoms with van der Waals surface area (Å²) in [7, 11) is 3.22. The molecule has 2 rings (SSSR count). The largest absolute Gasteiger partial charge is 0.496 e. The smallest absolute Gasteiger partial charge is 0.195 e. The monoisotopic (exact) mass is 292 g/mol. The Morgan fingerprint density at radius 1 is 1.35 bits per heavy atom. The van der Waals surface area contributed by atoms with Crippen LogP contribution in [0.3, 0.4) is 0 Å². The number of benzene rings is 1. The van der Waals surface area contributed by atoms with Gasteiger partial charge in [-0.15, -0.1) is 11.3 Å². The molecule has 0 spiro atoms. The van der Waals surface area contributed by atoms with Crippen molar-refractivity contribution in [1.82, 2.24) is 4.98 Å². The van der Waals surface area contributed by atoms with Gasteiger partial charge in [-0.1, -0.05) is 6.07 Å². The van der Waals surface area contributed by atoms with E-state index in [1.807, 2.05) is 23.6 Å². The third kappa shape index (κ3) is 3.39. The van der Waals surface area contributed by atoms with Crippen molar-refractivity contribution in [3.63, 3.8) is 0 Å². The predicted molar refractivity (Wildman–Crippen MR) is 80.6 cm³/mol. The summed E-state index contributed by atoms with van der Waals surface area (Å²) < 4.78 is 10.6. The number of ether oxygens (including phenoxy) is 2. The molecule has 106 valence electrons. The zero-order chi connectivity index (χ0) is 14.4. The maximum Gasteiger partial charge on any atom is 0.195 e. The van der Waals surface area contributed by atoms with Crippen molar-refractivity contribution in [2.45, 2.75) is 6.54 Å². The SMILES string of the molecule is COc1cccc(OC)c1CN=C(N)Nc1nccs1. The van der Waals surface area contributed by atoms with Gasteiger partial charge in [-0.05, 0) is 12.1 Å². The third-order valence-electron chi connectivity index (χ3n) is 2.60. The second-order valence-electron chi connectivity index (χ2n) is 3.80. The van der Waals surface area contributed by atoms with Crippen LogP contribution in [0, 0.1) is 0 Å². The molecule has 0 amide bonds. The Hall–Kier alpha value is -2.28. The summed E-state index contributed by atoms with van der Waals surface area (Å²) in [6.07, 6.45) is 1.70. The van der Waals surface area contributed by atoms with Crippen molar-refractivity contribution in [3.05, 3.63) is 35.3 Å². The summed E-state index contributed by atoms with van der Waals surface area (Å²) in [5.74, 6) is 1.73. The van der Waals surface area contributed by atoms with E-state index >= 15 is 0 Å². The maximum absolute atomic E-state index is 5.82. The average Bonchev–Trinajstić information content (AvgIpc) is 2.97. The predicted octanol–water partition coefficient (Wildman–Crippen LogP) is 2.09. The van der Waals surface area contributed by atoms with Crippen LogP contribution in [-0.4, -0.2) is 25.2 Å². The van der Waals surface area contributed by atoms with Crippen LogP contribution in [0.15, 0.2) is 34.8 Å². The number of rotatable bonds is 5. The van der Waals surface area contributed by atoms with Crippen LogP contribution in [0.25, 0.3) is 0 Å². The zero-order valence-electron chi connectivity index (χ0n) is 11.3. The van der Waals surface area contributed by atoms with Gasteiger partial charge in [0.25, 0.3) is 0 Å². The van der Waals surface area contributed by atoms with Crippen LogP contribution in [0.5, 0.6) is 11.5 Å². The topological polar surface area (TPSA) is 81.8 Å². The van der Waals surface area contributed by atoms with E-state index in [2.05, 4.69) is 15.3 Å². The Morgan fingerprint density at radius 2 is 2.05 bits per heavy atom. The quantitative estimate of drug-likeness (QED) is 0.651. The Bertz CT molecular complexity index is 562. The van der Waals surface area contributed by atoms with Crippen molar-refractivity contribution < 1.29 is 9.47 Å². The number of anilines is 1. The van der Waals surface area contributed by atoms with Crippen LogP contribution in [0.4, 0.5) is 5.13 Å². The molecule has 0 aliphatic rings. The number of guanidine groups is 1. The van der Waals surface area contributed by atoms with Gasteiger partial charge in [0.05, 0.1) is 26.3 Å². The molecule has 0 atom stereocenters. The van der Waals surface area contributed by atoms with Crippen LogP contribution in [0.2, 0.25) is 0 Å². The molecular formula is C13H16N4O2S. The molecule has 7 heteroatoms. The number of nitrogens with zero attached hydrogens (tertiary/aromatic N) is 2. The first-order valence-corrected chi connectivity index (χ1v) is 6.79. The van der Waals surface area contributed by atoms with Gasteiger partial charge in [-0.2, -0.15) is 0 Å². The molecule has 0 radical (unpaired) electrons. The lowest BCUT2D eigenvalue weighted by Gasteiger charge is -2.11. The minimum atomic E-state index is 0.299. The molecule has 1 aromatic carbocycles. The van der Waals surface area contributed by atoms with Crippen molar-refractivity contribution in [2.75, 3.05) is 19.5 Å². The van der Waals surface area contributed by atoms with Crippen molar-refractivity contribution in [1.29, 1.82) is 0 Å². The lowest BCUT2D eigenvalue weighted by Crippen LogP contribution is -2.22. The number of methoxy groups -OCH3 is 2. The van der Waals surface area contributed by atoms with Crippen LogP contribution in [-0.2, 0) is 6.54 Å². The molecule has 20 heavy (non-hydrogen) atoms. The fourth-order valence-corrected chi connectivity index (χ4v) is 2.22. The molecule has 0 fully saturated rings. The number of aromatic nitrogens is 1. The highest BCUT2D eigenvalue weighted by molar-refractivity contribution is 7.13. The first-order valence-electron chi connectivity index (χ1n) is 5.91. The van der Waals surface area contributed by atoms with E-state index in [0.717, 1.165) is 17.1 Å². The highest BCUT2D eigenvalue weighted by Crippen LogP contribution is 2.28. The minimum absolute atomic E-state index is 0.299. The molecule has 0 saturated heterocycles. The number of thiazole rings is 1. The van der Waals surface area contributed by atoms with Crippen LogP contribution in [0.1, 0.15) is 5.56 Å². The van der Waals surface area contributed by atoms with Gasteiger partial charge in [-0.25, -0.2) is 9.98 Å². The molecule has 0 unspecified atom stereocenters. The molecule has 0 aliphatic heterocycles. The number of hydrogen-bond donors (Lipinski definition) is 2. The van der Waals surface area contributed by atoms with Crippen LogP contribution >= 0.6 is 11.3 Å². The second-order valence-corrected chi connectivity index (χ2v) is 4.70. The average molecular weight is 292 g/mol.